The Hall–Kier alpha value is -1.75. The maximum atomic E-state index is 11.1. The SMILES string of the molecule is CCC(C)n1ccc(CSc2ccc(C)c(C(=O)O)c2)n1. The lowest BCUT2D eigenvalue weighted by atomic mass is 10.1. The number of aromatic nitrogens is 2. The molecule has 0 aliphatic heterocycles. The molecule has 1 atom stereocenters. The molecule has 0 radical (unpaired) electrons. The summed E-state index contributed by atoms with van der Waals surface area (Å²) in [5, 5.41) is 13.7. The van der Waals surface area contributed by atoms with Crippen LogP contribution in [0.3, 0.4) is 0 Å². The Morgan fingerprint density at radius 2 is 2.19 bits per heavy atom. The van der Waals surface area contributed by atoms with Crippen LogP contribution < -0.4 is 0 Å². The maximum absolute atomic E-state index is 11.1. The number of thioether (sulfide) groups is 1. The first kappa shape index (κ1) is 15.6. The first-order chi connectivity index (χ1) is 10.0. The van der Waals surface area contributed by atoms with E-state index in [4.69, 9.17) is 5.11 Å². The van der Waals surface area contributed by atoms with E-state index in [1.807, 2.05) is 36.0 Å². The molecule has 2 rings (SSSR count). The van der Waals surface area contributed by atoms with Gasteiger partial charge < -0.3 is 5.11 Å². The first-order valence-electron chi connectivity index (χ1n) is 7.02. The van der Waals surface area contributed by atoms with Crippen LogP contribution in [0.5, 0.6) is 0 Å². The second-order valence-electron chi connectivity index (χ2n) is 5.11. The van der Waals surface area contributed by atoms with E-state index in [1.54, 1.807) is 17.8 Å². The highest BCUT2D eigenvalue weighted by Crippen LogP contribution is 2.25. The summed E-state index contributed by atoms with van der Waals surface area (Å²) in [6.07, 6.45) is 3.05. The molecular formula is C16H20N2O2S. The predicted octanol–water partition coefficient (Wildman–Crippen LogP) is 4.15. The van der Waals surface area contributed by atoms with Gasteiger partial charge in [-0.1, -0.05) is 13.0 Å². The molecule has 0 aliphatic rings. The smallest absolute Gasteiger partial charge is 0.335 e. The van der Waals surface area contributed by atoms with E-state index >= 15 is 0 Å². The number of carboxylic acids is 1. The van der Waals surface area contributed by atoms with Gasteiger partial charge in [0.15, 0.2) is 0 Å². The second kappa shape index (κ2) is 6.80. The molecule has 0 fully saturated rings. The molecule has 0 spiro atoms. The van der Waals surface area contributed by atoms with Gasteiger partial charge in [0, 0.05) is 22.9 Å². The van der Waals surface area contributed by atoms with Gasteiger partial charge in [-0.15, -0.1) is 11.8 Å². The van der Waals surface area contributed by atoms with Crippen molar-refractivity contribution in [3.05, 3.63) is 47.3 Å². The van der Waals surface area contributed by atoms with Crippen molar-refractivity contribution >= 4 is 17.7 Å². The Kier molecular flexibility index (Phi) is 5.07. The van der Waals surface area contributed by atoms with Crippen LogP contribution >= 0.6 is 11.8 Å². The zero-order valence-corrected chi connectivity index (χ0v) is 13.4. The lowest BCUT2D eigenvalue weighted by Gasteiger charge is -2.08. The van der Waals surface area contributed by atoms with Gasteiger partial charge in [-0.05, 0) is 44.0 Å². The summed E-state index contributed by atoms with van der Waals surface area (Å²) >= 11 is 1.61. The van der Waals surface area contributed by atoms with E-state index < -0.39 is 5.97 Å². The van der Waals surface area contributed by atoms with Crippen molar-refractivity contribution < 1.29 is 9.90 Å². The van der Waals surface area contributed by atoms with Crippen LogP contribution in [0.4, 0.5) is 0 Å². The highest BCUT2D eigenvalue weighted by molar-refractivity contribution is 7.98. The van der Waals surface area contributed by atoms with Crippen molar-refractivity contribution in [3.8, 4) is 0 Å². The molecule has 2 aromatic rings. The topological polar surface area (TPSA) is 55.1 Å². The molecular weight excluding hydrogens is 284 g/mol. The van der Waals surface area contributed by atoms with Crippen LogP contribution in [0.2, 0.25) is 0 Å². The van der Waals surface area contributed by atoms with Crippen LogP contribution in [0.25, 0.3) is 0 Å². The molecule has 21 heavy (non-hydrogen) atoms. The molecule has 0 saturated heterocycles. The van der Waals surface area contributed by atoms with Crippen molar-refractivity contribution in [1.82, 2.24) is 9.78 Å². The van der Waals surface area contributed by atoms with E-state index in [-0.39, 0.29) is 0 Å². The zero-order valence-electron chi connectivity index (χ0n) is 12.5. The molecule has 1 heterocycles. The summed E-state index contributed by atoms with van der Waals surface area (Å²) in [6, 6.07) is 7.96. The molecule has 1 aromatic heterocycles. The van der Waals surface area contributed by atoms with Gasteiger partial charge in [0.1, 0.15) is 0 Å². The summed E-state index contributed by atoms with van der Waals surface area (Å²) in [7, 11) is 0. The highest BCUT2D eigenvalue weighted by Gasteiger charge is 2.09. The molecule has 1 unspecified atom stereocenters. The fraction of sp³-hybridized carbons (Fsp3) is 0.375. The van der Waals surface area contributed by atoms with Gasteiger partial charge in [-0.25, -0.2) is 4.79 Å². The molecule has 0 aliphatic carbocycles. The van der Waals surface area contributed by atoms with E-state index in [2.05, 4.69) is 18.9 Å². The van der Waals surface area contributed by atoms with Crippen LogP contribution in [-0.4, -0.2) is 20.9 Å². The fourth-order valence-electron chi connectivity index (χ4n) is 1.97. The summed E-state index contributed by atoms with van der Waals surface area (Å²) < 4.78 is 1.98. The Labute approximate surface area is 129 Å². The molecule has 112 valence electrons. The van der Waals surface area contributed by atoms with Crippen molar-refractivity contribution in [1.29, 1.82) is 0 Å². The van der Waals surface area contributed by atoms with Gasteiger partial charge in [0.2, 0.25) is 0 Å². The third kappa shape index (κ3) is 3.88. The summed E-state index contributed by atoms with van der Waals surface area (Å²) in [6.45, 7) is 6.09. The minimum Gasteiger partial charge on any atom is -0.478 e. The standard InChI is InChI=1S/C16H20N2O2S/c1-4-12(3)18-8-7-13(17-18)10-21-14-6-5-11(2)15(9-14)16(19)20/h5-9,12H,4,10H2,1-3H3,(H,19,20). The number of benzene rings is 1. The van der Waals surface area contributed by atoms with E-state index in [1.165, 1.54) is 0 Å². The van der Waals surface area contributed by atoms with Gasteiger partial charge >= 0.3 is 5.97 Å². The number of aromatic carboxylic acids is 1. The van der Waals surface area contributed by atoms with Gasteiger partial charge in [0.05, 0.1) is 11.3 Å². The Balaban J connectivity index is 2.04. The second-order valence-corrected chi connectivity index (χ2v) is 6.16. The Morgan fingerprint density at radius 1 is 1.43 bits per heavy atom. The molecule has 1 aromatic carbocycles. The quantitative estimate of drug-likeness (QED) is 0.814. The molecule has 0 bridgehead atoms. The van der Waals surface area contributed by atoms with Crippen LogP contribution in [-0.2, 0) is 5.75 Å². The monoisotopic (exact) mass is 304 g/mol. The minimum atomic E-state index is -0.879. The molecule has 4 nitrogen and oxygen atoms in total. The first-order valence-corrected chi connectivity index (χ1v) is 8.00. The largest absolute Gasteiger partial charge is 0.478 e. The maximum Gasteiger partial charge on any atom is 0.335 e. The predicted molar refractivity (Wildman–Crippen MR) is 84.9 cm³/mol. The third-order valence-corrected chi connectivity index (χ3v) is 4.56. The summed E-state index contributed by atoms with van der Waals surface area (Å²) in [4.78, 5) is 12.1. The summed E-state index contributed by atoms with van der Waals surface area (Å²) in [5.41, 5.74) is 2.16. The molecule has 0 saturated carbocycles. The van der Waals surface area contributed by atoms with Crippen molar-refractivity contribution in [2.75, 3.05) is 0 Å². The van der Waals surface area contributed by atoms with Gasteiger partial charge in [0.25, 0.3) is 0 Å². The number of hydrogen-bond acceptors (Lipinski definition) is 3. The number of nitrogens with zero attached hydrogens (tertiary/aromatic N) is 2. The van der Waals surface area contributed by atoms with Crippen molar-refractivity contribution in [2.24, 2.45) is 0 Å². The average Bonchev–Trinajstić information content (AvgIpc) is 2.94. The van der Waals surface area contributed by atoms with E-state index in [0.717, 1.165) is 28.3 Å². The lowest BCUT2D eigenvalue weighted by molar-refractivity contribution is 0.0696. The van der Waals surface area contributed by atoms with Crippen LogP contribution in [0.1, 0.15) is 47.9 Å². The van der Waals surface area contributed by atoms with E-state index in [0.29, 0.717) is 11.6 Å². The molecule has 5 heteroatoms. The highest BCUT2D eigenvalue weighted by atomic mass is 32.2. The van der Waals surface area contributed by atoms with Crippen molar-refractivity contribution in [2.45, 2.75) is 43.9 Å². The number of hydrogen-bond donors (Lipinski definition) is 1. The molecule has 0 amide bonds. The Bertz CT molecular complexity index is 637. The Morgan fingerprint density at radius 3 is 2.86 bits per heavy atom. The van der Waals surface area contributed by atoms with Gasteiger partial charge in [-0.3, -0.25) is 4.68 Å². The van der Waals surface area contributed by atoms with E-state index in [9.17, 15) is 4.79 Å². The minimum absolute atomic E-state index is 0.366. The summed E-state index contributed by atoms with van der Waals surface area (Å²) in [5.74, 6) is -0.137. The molecule has 1 N–H and O–H groups in total. The third-order valence-electron chi connectivity index (χ3n) is 3.53. The van der Waals surface area contributed by atoms with Crippen LogP contribution in [0, 0.1) is 6.92 Å². The lowest BCUT2D eigenvalue weighted by Crippen LogP contribution is -2.04. The number of carbonyl (C=O) groups is 1. The fourth-order valence-corrected chi connectivity index (χ4v) is 2.80. The average molecular weight is 304 g/mol. The van der Waals surface area contributed by atoms with Crippen molar-refractivity contribution in [3.63, 3.8) is 0 Å². The van der Waals surface area contributed by atoms with Gasteiger partial charge in [-0.2, -0.15) is 5.10 Å². The number of carboxylic acid groups (broad SMARTS) is 1. The van der Waals surface area contributed by atoms with Crippen LogP contribution in [0.15, 0.2) is 35.4 Å². The number of rotatable bonds is 6. The number of aryl methyl sites for hydroxylation is 1. The zero-order chi connectivity index (χ0) is 15.4. The normalized spacial score (nSPS) is 12.3.